The molecule has 2 unspecified atom stereocenters. The van der Waals surface area contributed by atoms with Crippen LogP contribution < -0.4 is 0 Å². The van der Waals surface area contributed by atoms with E-state index < -0.39 is 0 Å². The van der Waals surface area contributed by atoms with Crippen molar-refractivity contribution >= 4 is 5.78 Å². The Morgan fingerprint density at radius 1 is 0.905 bits per heavy atom. The number of Topliss-reactive ketones (excluding diaryl/α,β-unsaturated/α-hetero) is 1. The summed E-state index contributed by atoms with van der Waals surface area (Å²) in [6.45, 7) is 14.2. The van der Waals surface area contributed by atoms with Crippen LogP contribution in [0, 0.1) is 19.8 Å². The predicted molar refractivity (Wildman–Crippen MR) is 92.1 cm³/mol. The molecule has 114 valence electrons. The number of fused-ring (bicyclic) bond motifs is 3. The fourth-order valence-corrected chi connectivity index (χ4v) is 3.14. The van der Waals surface area contributed by atoms with Gasteiger partial charge in [0.2, 0.25) is 0 Å². The van der Waals surface area contributed by atoms with E-state index in [4.69, 9.17) is 0 Å². The maximum Gasteiger partial charge on any atom is 0.170 e. The maximum atomic E-state index is 12.4. The van der Waals surface area contributed by atoms with Crippen molar-refractivity contribution in [2.75, 3.05) is 0 Å². The standard InChI is InChI=1S/C16H16O.2C2H6/c1-9-4-5-12-13(7-9)16(17)14-8-10(2)6-11(3)15(12)14;2*1-2/h4-8,12-13H,1-3H3;2*1-2H3. The lowest BCUT2D eigenvalue weighted by molar-refractivity contribution is 0.0954. The molecule has 0 aliphatic heterocycles. The van der Waals surface area contributed by atoms with Crippen LogP contribution in [0.1, 0.15) is 67.6 Å². The minimum Gasteiger partial charge on any atom is -0.293 e. The second-order valence-corrected chi connectivity index (χ2v) is 5.23. The largest absolute Gasteiger partial charge is 0.293 e. The smallest absolute Gasteiger partial charge is 0.170 e. The van der Waals surface area contributed by atoms with Gasteiger partial charge in [0.25, 0.3) is 0 Å². The van der Waals surface area contributed by atoms with E-state index in [1.165, 1.54) is 22.3 Å². The van der Waals surface area contributed by atoms with E-state index in [1.807, 2.05) is 33.8 Å². The molecule has 0 spiro atoms. The first-order valence-corrected chi connectivity index (χ1v) is 8.10. The topological polar surface area (TPSA) is 17.1 Å². The molecule has 1 heteroatoms. The van der Waals surface area contributed by atoms with Crippen molar-refractivity contribution in [2.45, 2.75) is 54.4 Å². The Bertz CT molecular complexity index is 576. The Morgan fingerprint density at radius 2 is 1.52 bits per heavy atom. The maximum absolute atomic E-state index is 12.4. The molecule has 0 heterocycles. The fourth-order valence-electron chi connectivity index (χ4n) is 3.14. The summed E-state index contributed by atoms with van der Waals surface area (Å²) in [5, 5.41) is 0. The van der Waals surface area contributed by atoms with Gasteiger partial charge in [-0.05, 0) is 38.0 Å². The third-order valence-corrected chi connectivity index (χ3v) is 3.83. The highest BCUT2D eigenvalue weighted by Gasteiger charge is 2.39. The van der Waals surface area contributed by atoms with Crippen molar-refractivity contribution in [1.82, 2.24) is 0 Å². The van der Waals surface area contributed by atoms with Crippen LogP contribution in [0.2, 0.25) is 0 Å². The zero-order chi connectivity index (χ0) is 16.2. The van der Waals surface area contributed by atoms with Crippen LogP contribution >= 0.6 is 0 Å². The van der Waals surface area contributed by atoms with Crippen molar-refractivity contribution in [2.24, 2.45) is 5.92 Å². The molecule has 2 atom stereocenters. The number of carbonyl (C=O) groups is 1. The van der Waals surface area contributed by atoms with Crippen molar-refractivity contribution in [1.29, 1.82) is 0 Å². The number of hydrogen-bond acceptors (Lipinski definition) is 1. The molecule has 0 fully saturated rings. The molecule has 1 aromatic carbocycles. The Balaban J connectivity index is 0.000000510. The Morgan fingerprint density at radius 3 is 2.14 bits per heavy atom. The van der Waals surface area contributed by atoms with Gasteiger partial charge in [0.15, 0.2) is 5.78 Å². The van der Waals surface area contributed by atoms with E-state index in [2.05, 4.69) is 45.1 Å². The zero-order valence-electron chi connectivity index (χ0n) is 14.4. The molecule has 2 aliphatic carbocycles. The van der Waals surface area contributed by atoms with Gasteiger partial charge in [0.1, 0.15) is 0 Å². The highest BCUT2D eigenvalue weighted by Crippen LogP contribution is 2.44. The first-order chi connectivity index (χ1) is 10.1. The average molecular weight is 284 g/mol. The van der Waals surface area contributed by atoms with E-state index in [1.54, 1.807) is 0 Å². The van der Waals surface area contributed by atoms with Gasteiger partial charge in [0.05, 0.1) is 5.92 Å². The summed E-state index contributed by atoms with van der Waals surface area (Å²) in [7, 11) is 0. The van der Waals surface area contributed by atoms with Gasteiger partial charge in [-0.3, -0.25) is 4.79 Å². The van der Waals surface area contributed by atoms with Crippen molar-refractivity contribution in [3.63, 3.8) is 0 Å². The third-order valence-electron chi connectivity index (χ3n) is 3.83. The summed E-state index contributed by atoms with van der Waals surface area (Å²) in [6.07, 6.45) is 6.43. The monoisotopic (exact) mass is 284 g/mol. The quantitative estimate of drug-likeness (QED) is 0.591. The molecule has 0 saturated heterocycles. The van der Waals surface area contributed by atoms with Gasteiger partial charge in [0, 0.05) is 11.5 Å². The zero-order valence-corrected chi connectivity index (χ0v) is 14.4. The van der Waals surface area contributed by atoms with Crippen LogP contribution in [-0.2, 0) is 0 Å². The van der Waals surface area contributed by atoms with Crippen LogP contribution in [-0.4, -0.2) is 5.78 Å². The van der Waals surface area contributed by atoms with Crippen LogP contribution in [0.5, 0.6) is 0 Å². The third kappa shape index (κ3) is 3.18. The number of carbonyl (C=O) groups excluding carboxylic acids is 1. The number of rotatable bonds is 0. The Hall–Kier alpha value is -1.63. The first-order valence-electron chi connectivity index (χ1n) is 8.10. The second kappa shape index (κ2) is 7.40. The summed E-state index contributed by atoms with van der Waals surface area (Å²) in [5.41, 5.74) is 5.80. The van der Waals surface area contributed by atoms with E-state index in [0.29, 0.717) is 5.78 Å². The van der Waals surface area contributed by atoms with Gasteiger partial charge >= 0.3 is 0 Å². The lowest BCUT2D eigenvalue weighted by Gasteiger charge is -2.18. The molecule has 2 aliphatic rings. The molecule has 0 saturated carbocycles. The summed E-state index contributed by atoms with van der Waals surface area (Å²) in [6, 6.07) is 4.22. The van der Waals surface area contributed by atoms with Crippen LogP contribution in [0.3, 0.4) is 0 Å². The second-order valence-electron chi connectivity index (χ2n) is 5.23. The van der Waals surface area contributed by atoms with Crippen molar-refractivity contribution in [3.8, 4) is 0 Å². The highest BCUT2D eigenvalue weighted by atomic mass is 16.1. The lowest BCUT2D eigenvalue weighted by Crippen LogP contribution is -2.12. The van der Waals surface area contributed by atoms with Crippen LogP contribution in [0.25, 0.3) is 0 Å². The minimum atomic E-state index is 0.0375. The van der Waals surface area contributed by atoms with Crippen LogP contribution in [0.15, 0.2) is 35.9 Å². The van der Waals surface area contributed by atoms with Crippen LogP contribution in [0.4, 0.5) is 0 Å². The molecular weight excluding hydrogens is 256 g/mol. The van der Waals surface area contributed by atoms with E-state index >= 15 is 0 Å². The molecule has 0 N–H and O–H groups in total. The molecule has 0 radical (unpaired) electrons. The molecule has 3 rings (SSSR count). The minimum absolute atomic E-state index is 0.0375. The number of hydrogen-bond donors (Lipinski definition) is 0. The molecule has 0 aromatic heterocycles. The first kappa shape index (κ1) is 17.4. The van der Waals surface area contributed by atoms with E-state index in [9.17, 15) is 4.79 Å². The van der Waals surface area contributed by atoms with Crippen molar-refractivity contribution in [3.05, 3.63) is 58.2 Å². The van der Waals surface area contributed by atoms with Gasteiger partial charge in [-0.25, -0.2) is 0 Å². The van der Waals surface area contributed by atoms with E-state index in [-0.39, 0.29) is 11.8 Å². The molecule has 21 heavy (non-hydrogen) atoms. The summed E-state index contributed by atoms with van der Waals surface area (Å²) < 4.78 is 0. The van der Waals surface area contributed by atoms with Crippen molar-refractivity contribution < 1.29 is 4.79 Å². The SMILES string of the molecule is CC.CC.CC1=CC2C(=O)c3cc(C)cc(C)c3C2C=C1. The number of allylic oxidation sites excluding steroid dienone is 4. The molecule has 0 amide bonds. The van der Waals surface area contributed by atoms with Gasteiger partial charge in [-0.15, -0.1) is 0 Å². The number of aryl methyl sites for hydroxylation is 2. The number of ketones is 1. The summed E-state index contributed by atoms with van der Waals surface area (Å²) in [4.78, 5) is 12.4. The molecular formula is C20H28O. The normalized spacial score (nSPS) is 21.3. The van der Waals surface area contributed by atoms with Gasteiger partial charge < -0.3 is 0 Å². The fraction of sp³-hybridized carbons (Fsp3) is 0.450. The Kier molecular flexibility index (Phi) is 6.14. The highest BCUT2D eigenvalue weighted by molar-refractivity contribution is 6.05. The van der Waals surface area contributed by atoms with E-state index in [0.717, 1.165) is 5.56 Å². The Labute approximate surface area is 129 Å². The number of benzene rings is 1. The average Bonchev–Trinajstić information content (AvgIpc) is 2.76. The molecule has 1 nitrogen and oxygen atoms in total. The summed E-state index contributed by atoms with van der Waals surface area (Å²) in [5.74, 6) is 0.595. The molecule has 1 aromatic rings. The predicted octanol–water partition coefficient (Wildman–Crippen LogP) is 5.77. The summed E-state index contributed by atoms with van der Waals surface area (Å²) >= 11 is 0. The van der Waals surface area contributed by atoms with Gasteiger partial charge in [-0.1, -0.05) is 63.1 Å². The lowest BCUT2D eigenvalue weighted by atomic mass is 9.85. The molecule has 0 bridgehead atoms. The van der Waals surface area contributed by atoms with Gasteiger partial charge in [-0.2, -0.15) is 0 Å².